The maximum Gasteiger partial charge on any atom is 0.289 e. The van der Waals surface area contributed by atoms with E-state index in [-0.39, 0.29) is 0 Å². The van der Waals surface area contributed by atoms with Gasteiger partial charge in [0.05, 0.1) is 50.6 Å². The molecule has 0 aromatic heterocycles. The maximum absolute atomic E-state index is 11.4. The number of carbonyl (C=O) groups excluding carboxylic acids is 10. The summed E-state index contributed by atoms with van der Waals surface area (Å²) in [5, 5.41) is 13.3. The highest BCUT2D eigenvalue weighted by molar-refractivity contribution is 6.04. The molecule has 0 aliphatic heterocycles. The Balaban J connectivity index is 0.000000230. The van der Waals surface area contributed by atoms with Crippen molar-refractivity contribution in [2.45, 2.75) is 65.1 Å². The quantitative estimate of drug-likeness (QED) is 0.0464. The standard InChI is InChI=1S/5C13H9NO.C12H12N2O2.3C12H13NO/c1-2-10-5-3-7-12-11(10)6-4-8-13(12)14-9-15;1-2-10-5-3-6-11-7-4-8-12(13(10)11)14-9-15;1-2-10-4-3-5-11-8-12(14-9-15)6-7-13(10)11;1-2-10-4-3-5-11-6-7-12(14-9-15)8-13(10)11;1-2-10-7-8-13(14-9-15)12-6-4-3-5-11(10)12;1-3-9-5-6-10(12(16)14-8-15)11(7-9)13-4-2;1-4-10-5-7-11(8-6-10)12(2,3)13-9-14;1-4-10-6-5-7-11(8-10)12(2,3)13-9-14;1-4-10-7-5-6-8-11(10)12(2,3)13-9-14/h5*2-8H,1H2;3,5-7,13H,1,4H2,2H3;3*4-8H,1H2,2-3H3. The van der Waals surface area contributed by atoms with Crippen LogP contribution in [0.1, 0.15) is 126 Å². The van der Waals surface area contributed by atoms with E-state index in [1.54, 1.807) is 134 Å². The molecule has 0 unspecified atom stereocenters. The van der Waals surface area contributed by atoms with Crippen LogP contribution in [0.4, 0.5) is 34.1 Å². The zero-order chi connectivity index (χ0) is 97.1. The molecule has 0 aliphatic carbocycles. The van der Waals surface area contributed by atoms with Crippen molar-refractivity contribution in [3.05, 3.63) is 405 Å². The second-order valence-corrected chi connectivity index (χ2v) is 29.5. The van der Waals surface area contributed by atoms with E-state index >= 15 is 0 Å². The minimum absolute atomic E-state index is 0.357. The Morgan fingerprint density at radius 3 is 1.29 bits per heavy atom. The molecule has 0 bridgehead atoms. The number of isocyanates is 9. The van der Waals surface area contributed by atoms with Crippen LogP contribution in [0.5, 0.6) is 0 Å². The first-order valence-electron chi connectivity index (χ1n) is 41.0. The van der Waals surface area contributed by atoms with Gasteiger partial charge in [-0.05, 0) is 214 Å². The first-order valence-corrected chi connectivity index (χ1v) is 41.0. The van der Waals surface area contributed by atoms with Crippen LogP contribution < -0.4 is 5.32 Å². The van der Waals surface area contributed by atoms with Gasteiger partial charge in [0, 0.05) is 28.4 Å². The lowest BCUT2D eigenvalue weighted by molar-refractivity contribution is 0.100. The van der Waals surface area contributed by atoms with Crippen LogP contribution in [0.3, 0.4) is 0 Å². The molecule has 14 aromatic rings. The molecule has 14 rings (SSSR count). The molecular weight excluding hydrogens is 1660 g/mol. The Kier molecular flexibility index (Phi) is 42.2. The number of carbonyl (C=O) groups is 1. The van der Waals surface area contributed by atoms with Crippen LogP contribution in [0.25, 0.3) is 109 Å². The number of hydrogen-bond acceptors (Lipinski definition) is 19. The van der Waals surface area contributed by atoms with Gasteiger partial charge in [-0.3, -0.25) is 4.79 Å². The Morgan fingerprint density at radius 2 is 0.722 bits per heavy atom. The Hall–Kier alpha value is -18.1. The Bertz CT molecular complexity index is 7010. The van der Waals surface area contributed by atoms with Crippen LogP contribution in [0, 0.1) is 0 Å². The van der Waals surface area contributed by atoms with Gasteiger partial charge < -0.3 is 5.32 Å². The predicted molar refractivity (Wildman–Crippen MR) is 545 cm³/mol. The highest BCUT2D eigenvalue weighted by atomic mass is 16.2. The number of rotatable bonds is 23. The summed E-state index contributed by atoms with van der Waals surface area (Å²) in [6, 6.07) is 85.9. The molecule has 0 heterocycles. The summed E-state index contributed by atoms with van der Waals surface area (Å²) < 4.78 is 0. The molecule has 20 nitrogen and oxygen atoms in total. The zero-order valence-corrected chi connectivity index (χ0v) is 74.9. The number of fused-ring (bicyclic) bond motifs is 5. The van der Waals surface area contributed by atoms with Crippen molar-refractivity contribution in [3.63, 3.8) is 0 Å². The maximum atomic E-state index is 11.4. The van der Waals surface area contributed by atoms with Crippen molar-refractivity contribution in [2.24, 2.45) is 44.9 Å². The molecule has 0 spiro atoms. The second-order valence-electron chi connectivity index (χ2n) is 29.5. The summed E-state index contributed by atoms with van der Waals surface area (Å²) in [7, 11) is 0. The third-order valence-corrected chi connectivity index (χ3v) is 20.0. The molecule has 14 aromatic carbocycles. The lowest BCUT2D eigenvalue weighted by Crippen LogP contribution is -2.14. The number of aliphatic imine (C=N–C) groups is 9. The van der Waals surface area contributed by atoms with Gasteiger partial charge in [0.2, 0.25) is 54.7 Å². The third kappa shape index (κ3) is 30.3. The first kappa shape index (κ1) is 104. The molecule has 0 radical (unpaired) electrons. The van der Waals surface area contributed by atoms with E-state index in [1.807, 2.05) is 279 Å². The molecule has 0 saturated carbocycles. The van der Waals surface area contributed by atoms with Crippen molar-refractivity contribution < 1.29 is 47.9 Å². The predicted octanol–water partition coefficient (Wildman–Crippen LogP) is 28.2. The zero-order valence-electron chi connectivity index (χ0n) is 74.9. The molecule has 20 heteroatoms. The molecule has 658 valence electrons. The van der Waals surface area contributed by atoms with Crippen molar-refractivity contribution >= 4 is 203 Å². The summed E-state index contributed by atoms with van der Waals surface area (Å²) >= 11 is 0. The fourth-order valence-corrected chi connectivity index (χ4v) is 13.3. The van der Waals surface area contributed by atoms with E-state index in [0.29, 0.717) is 46.2 Å². The van der Waals surface area contributed by atoms with Crippen LogP contribution in [0.2, 0.25) is 0 Å². The van der Waals surface area contributed by atoms with E-state index in [0.717, 1.165) is 121 Å². The number of benzene rings is 14. The van der Waals surface area contributed by atoms with E-state index in [2.05, 4.69) is 109 Å². The van der Waals surface area contributed by atoms with E-state index < -0.39 is 22.5 Å². The first-order chi connectivity index (χ1) is 64.3. The number of nitrogens with one attached hydrogen (secondary N) is 1. The Morgan fingerprint density at radius 1 is 0.301 bits per heavy atom. The third-order valence-electron chi connectivity index (χ3n) is 20.0. The van der Waals surface area contributed by atoms with Crippen LogP contribution >= 0.6 is 0 Å². The average molecular weight is 1750 g/mol. The summed E-state index contributed by atoms with van der Waals surface area (Å²) in [5.41, 5.74) is 14.7. The van der Waals surface area contributed by atoms with Gasteiger partial charge in [0.1, 0.15) is 0 Å². The number of amides is 1. The highest BCUT2D eigenvalue weighted by Crippen LogP contribution is 2.35. The topological polar surface area (TPSA) is 294 Å². The normalized spacial score (nSPS) is 9.80. The van der Waals surface area contributed by atoms with Gasteiger partial charge >= 0.3 is 0 Å². The second kappa shape index (κ2) is 54.1. The van der Waals surface area contributed by atoms with Gasteiger partial charge in [-0.25, -0.2) is 43.2 Å². The van der Waals surface area contributed by atoms with Crippen LogP contribution in [0.15, 0.2) is 377 Å². The number of anilines is 1. The highest BCUT2D eigenvalue weighted by Gasteiger charge is 2.23. The molecule has 1 N–H and O–H groups in total. The van der Waals surface area contributed by atoms with Crippen molar-refractivity contribution in [3.8, 4) is 0 Å². The molecule has 133 heavy (non-hydrogen) atoms. The van der Waals surface area contributed by atoms with Crippen LogP contribution in [-0.4, -0.2) is 67.2 Å². The fourth-order valence-electron chi connectivity index (χ4n) is 13.3. The minimum Gasteiger partial charge on any atom is -0.385 e. The molecule has 0 fully saturated rings. The lowest BCUT2D eigenvalue weighted by Gasteiger charge is -2.20. The van der Waals surface area contributed by atoms with Gasteiger partial charge in [-0.15, -0.1) is 4.99 Å². The van der Waals surface area contributed by atoms with Gasteiger partial charge in [-0.2, -0.15) is 39.9 Å². The van der Waals surface area contributed by atoms with E-state index in [4.69, 9.17) is 0 Å². The summed E-state index contributed by atoms with van der Waals surface area (Å²) in [6.45, 7) is 47.3. The molecule has 1 amide bonds. The van der Waals surface area contributed by atoms with Crippen molar-refractivity contribution in [2.75, 3.05) is 11.9 Å². The minimum atomic E-state index is -0.596. The van der Waals surface area contributed by atoms with E-state index in [9.17, 15) is 47.9 Å². The van der Waals surface area contributed by atoms with Crippen molar-refractivity contribution in [1.82, 2.24) is 0 Å². The number of nitrogens with zero attached hydrogens (tertiary/aromatic N) is 9. The molecule has 0 saturated heterocycles. The molecule has 0 aliphatic rings. The summed E-state index contributed by atoms with van der Waals surface area (Å²) in [6.07, 6.45) is 29.7. The fraction of sp³-hybridized carbons (Fsp3) is 0.0973. The van der Waals surface area contributed by atoms with Gasteiger partial charge in [0.15, 0.2) is 0 Å². The average Bonchev–Trinajstić information content (AvgIpc) is 0.807. The SMILES string of the molecule is C=Cc1ccc(C(=O)N=C=O)c(NCC)c1.C=Cc1ccc(C(C)(C)N=C=O)cc1.C=Cc1ccc(N=C=O)c2ccccc12.C=Cc1cccc(C(C)(C)N=C=O)c1.C=Cc1cccc2c(N=C=O)cccc12.C=Cc1cccc2cc(N=C=O)ccc12.C=Cc1cccc2ccc(N=C=O)cc12.C=Cc1cccc2cccc(N=C=O)c12.C=Cc1ccccc1C(C)(C)N=C=O. The van der Waals surface area contributed by atoms with Gasteiger partial charge in [0.25, 0.3) is 5.91 Å². The smallest absolute Gasteiger partial charge is 0.289 e. The largest absolute Gasteiger partial charge is 0.385 e. The van der Waals surface area contributed by atoms with Crippen molar-refractivity contribution in [1.29, 1.82) is 0 Å². The monoisotopic (exact) mass is 1750 g/mol. The van der Waals surface area contributed by atoms with Gasteiger partial charge in [-0.1, -0.05) is 326 Å². The van der Waals surface area contributed by atoms with Crippen LogP contribution in [-0.2, 0) is 59.8 Å². The summed E-state index contributed by atoms with van der Waals surface area (Å²) in [5.74, 6) is -0.596. The Labute approximate surface area is 773 Å². The van der Waals surface area contributed by atoms with E-state index in [1.165, 1.54) is 18.2 Å². The lowest BCUT2D eigenvalue weighted by atomic mass is 9.91. The number of hydrogen-bond donors (Lipinski definition) is 1. The molecular formula is C113H96N10O10. The molecule has 0 atom stereocenters. The summed E-state index contributed by atoms with van der Waals surface area (Å²) in [4.78, 5) is 136.